The molecule has 90 valence electrons. The average molecular weight is 255 g/mol. The van der Waals surface area contributed by atoms with Crippen LogP contribution in [0.25, 0.3) is 11.1 Å². The van der Waals surface area contributed by atoms with Crippen LogP contribution in [0.4, 0.5) is 0 Å². The molecule has 2 aromatic rings. The number of nitriles is 1. The van der Waals surface area contributed by atoms with Crippen molar-refractivity contribution in [2.24, 2.45) is 0 Å². The molecule has 0 unspecified atom stereocenters. The lowest BCUT2D eigenvalue weighted by molar-refractivity contribution is 0.415. The molecule has 0 radical (unpaired) electrons. The molecule has 4 heteroatoms. The number of nitrogens with zero attached hydrogens (tertiary/aromatic N) is 2. The van der Waals surface area contributed by atoms with E-state index in [1.165, 1.54) is 0 Å². The molecule has 0 atom stereocenters. The number of ether oxygens (including phenoxy) is 1. The summed E-state index contributed by atoms with van der Waals surface area (Å²) in [4.78, 5) is 4.13. The van der Waals surface area contributed by atoms with E-state index in [4.69, 9.17) is 17.4 Å². The standard InChI is InChI=1S/C14H12N2OS/c1-9-7-12(13(8-15)14(18)16-9)10-3-5-11(17-2)6-4-10/h3-7H,1-2H3,(H,16,18)/p-1. The summed E-state index contributed by atoms with van der Waals surface area (Å²) in [5.41, 5.74) is 3.01. The molecular weight excluding hydrogens is 244 g/mol. The third-order valence-electron chi connectivity index (χ3n) is 2.63. The van der Waals surface area contributed by atoms with Gasteiger partial charge >= 0.3 is 0 Å². The monoisotopic (exact) mass is 255 g/mol. The highest BCUT2D eigenvalue weighted by Crippen LogP contribution is 2.27. The van der Waals surface area contributed by atoms with Crippen LogP contribution in [-0.4, -0.2) is 12.1 Å². The van der Waals surface area contributed by atoms with Crippen LogP contribution in [0.2, 0.25) is 0 Å². The Morgan fingerprint density at radius 2 is 1.94 bits per heavy atom. The van der Waals surface area contributed by atoms with E-state index < -0.39 is 0 Å². The molecule has 18 heavy (non-hydrogen) atoms. The minimum atomic E-state index is 0.350. The fourth-order valence-electron chi connectivity index (χ4n) is 1.75. The van der Waals surface area contributed by atoms with Gasteiger partial charge in [-0.3, -0.25) is 4.98 Å². The molecule has 0 aliphatic rings. The normalized spacial score (nSPS) is 9.83. The van der Waals surface area contributed by atoms with Gasteiger partial charge in [-0.05, 0) is 30.7 Å². The Kier molecular flexibility index (Phi) is 3.45. The van der Waals surface area contributed by atoms with Gasteiger partial charge in [0, 0.05) is 11.3 Å². The van der Waals surface area contributed by atoms with Crippen LogP contribution in [0.15, 0.2) is 35.4 Å². The fourth-order valence-corrected chi connectivity index (χ4v) is 2.05. The number of pyridine rings is 1. The summed E-state index contributed by atoms with van der Waals surface area (Å²) in [5, 5.41) is 9.52. The van der Waals surface area contributed by atoms with Gasteiger partial charge in [0.05, 0.1) is 18.7 Å². The summed E-state index contributed by atoms with van der Waals surface area (Å²) in [7, 11) is 1.62. The minimum Gasteiger partial charge on any atom is -0.759 e. The van der Waals surface area contributed by atoms with Crippen molar-refractivity contribution in [3.05, 3.63) is 41.6 Å². The topological polar surface area (TPSA) is 45.9 Å². The van der Waals surface area contributed by atoms with Gasteiger partial charge in [-0.2, -0.15) is 5.26 Å². The number of rotatable bonds is 2. The van der Waals surface area contributed by atoms with E-state index in [-0.39, 0.29) is 0 Å². The Morgan fingerprint density at radius 1 is 1.28 bits per heavy atom. The predicted octanol–water partition coefficient (Wildman–Crippen LogP) is 2.84. The van der Waals surface area contributed by atoms with Crippen molar-refractivity contribution in [2.45, 2.75) is 11.9 Å². The summed E-state index contributed by atoms with van der Waals surface area (Å²) < 4.78 is 5.11. The van der Waals surface area contributed by atoms with Gasteiger partial charge in [0.15, 0.2) is 0 Å². The number of aryl methyl sites for hydroxylation is 1. The minimum absolute atomic E-state index is 0.350. The average Bonchev–Trinajstić information content (AvgIpc) is 2.38. The quantitative estimate of drug-likeness (QED) is 0.774. The number of hydrogen-bond acceptors (Lipinski definition) is 4. The second kappa shape index (κ2) is 5.03. The van der Waals surface area contributed by atoms with Crippen LogP contribution in [0.5, 0.6) is 5.75 Å². The van der Waals surface area contributed by atoms with Crippen molar-refractivity contribution in [3.63, 3.8) is 0 Å². The predicted molar refractivity (Wildman–Crippen MR) is 71.3 cm³/mol. The molecule has 2 rings (SSSR count). The first kappa shape index (κ1) is 12.3. The number of hydrogen-bond donors (Lipinski definition) is 0. The molecule has 0 amide bonds. The second-order valence-electron chi connectivity index (χ2n) is 3.83. The molecule has 0 aliphatic heterocycles. The lowest BCUT2D eigenvalue weighted by atomic mass is 10.0. The maximum absolute atomic E-state index is 9.17. The highest BCUT2D eigenvalue weighted by atomic mass is 32.1. The van der Waals surface area contributed by atoms with Gasteiger partial charge in [-0.25, -0.2) is 0 Å². The number of aromatic nitrogens is 1. The van der Waals surface area contributed by atoms with Gasteiger partial charge in [-0.15, -0.1) is 0 Å². The Morgan fingerprint density at radius 3 is 2.50 bits per heavy atom. The van der Waals surface area contributed by atoms with Crippen LogP contribution >= 0.6 is 0 Å². The van der Waals surface area contributed by atoms with Crippen molar-refractivity contribution < 1.29 is 4.74 Å². The SMILES string of the molecule is COc1ccc(-c2cc(C)nc([S-])c2C#N)cc1. The maximum atomic E-state index is 9.17. The molecule has 0 saturated carbocycles. The lowest BCUT2D eigenvalue weighted by Gasteiger charge is -2.14. The zero-order chi connectivity index (χ0) is 13.1. The lowest BCUT2D eigenvalue weighted by Crippen LogP contribution is -1.94. The van der Waals surface area contributed by atoms with E-state index in [9.17, 15) is 5.26 Å². The maximum Gasteiger partial charge on any atom is 0.118 e. The Balaban J connectivity index is 2.59. The van der Waals surface area contributed by atoms with Crippen LogP contribution in [0.1, 0.15) is 11.3 Å². The Hall–Kier alpha value is -2.12. The van der Waals surface area contributed by atoms with Crippen molar-refractivity contribution in [3.8, 4) is 22.9 Å². The first-order chi connectivity index (χ1) is 8.65. The summed E-state index contributed by atoms with van der Waals surface area (Å²) >= 11 is 5.12. The molecule has 0 fully saturated rings. The van der Waals surface area contributed by atoms with Crippen LogP contribution in [0.3, 0.4) is 0 Å². The molecule has 0 spiro atoms. The van der Waals surface area contributed by atoms with Gasteiger partial charge in [0.25, 0.3) is 0 Å². The molecule has 0 saturated heterocycles. The van der Waals surface area contributed by atoms with Gasteiger partial charge in [0.2, 0.25) is 0 Å². The first-order valence-electron chi connectivity index (χ1n) is 5.39. The van der Waals surface area contributed by atoms with Crippen molar-refractivity contribution in [1.82, 2.24) is 4.98 Å². The molecule has 0 N–H and O–H groups in total. The second-order valence-corrected chi connectivity index (χ2v) is 4.22. The molecular formula is C14H11N2OS-. The van der Waals surface area contributed by atoms with Crippen LogP contribution in [-0.2, 0) is 12.6 Å². The molecule has 1 heterocycles. The van der Waals surface area contributed by atoms with Crippen LogP contribution in [0, 0.1) is 18.3 Å². The summed E-state index contributed by atoms with van der Waals surface area (Å²) in [6.45, 7) is 1.87. The summed E-state index contributed by atoms with van der Waals surface area (Å²) in [6.07, 6.45) is 0. The Bertz CT molecular complexity index is 615. The van der Waals surface area contributed by atoms with Crippen molar-refractivity contribution >= 4 is 12.6 Å². The van der Waals surface area contributed by atoms with E-state index in [1.807, 2.05) is 37.3 Å². The highest BCUT2D eigenvalue weighted by molar-refractivity contribution is 7.58. The summed E-state index contributed by atoms with van der Waals surface area (Å²) in [5.74, 6) is 0.779. The number of benzene rings is 1. The number of methoxy groups -OCH3 is 1. The highest BCUT2D eigenvalue weighted by Gasteiger charge is 2.07. The van der Waals surface area contributed by atoms with E-state index >= 15 is 0 Å². The van der Waals surface area contributed by atoms with Gasteiger partial charge in [0.1, 0.15) is 5.75 Å². The first-order valence-corrected chi connectivity index (χ1v) is 5.79. The van der Waals surface area contributed by atoms with E-state index in [1.54, 1.807) is 7.11 Å². The molecule has 3 nitrogen and oxygen atoms in total. The fraction of sp³-hybridized carbons (Fsp3) is 0.143. The van der Waals surface area contributed by atoms with Gasteiger partial charge < -0.3 is 17.4 Å². The molecule has 0 bridgehead atoms. The smallest absolute Gasteiger partial charge is 0.118 e. The summed E-state index contributed by atoms with van der Waals surface area (Å²) in [6, 6.07) is 11.5. The molecule has 0 aliphatic carbocycles. The Labute approximate surface area is 111 Å². The third-order valence-corrected chi connectivity index (χ3v) is 2.92. The van der Waals surface area contributed by atoms with E-state index in [0.717, 1.165) is 22.6 Å². The zero-order valence-corrected chi connectivity index (χ0v) is 10.9. The van der Waals surface area contributed by atoms with Crippen molar-refractivity contribution in [1.29, 1.82) is 5.26 Å². The van der Waals surface area contributed by atoms with Gasteiger partial charge in [-0.1, -0.05) is 17.2 Å². The molecule has 1 aromatic carbocycles. The third kappa shape index (κ3) is 2.27. The van der Waals surface area contributed by atoms with E-state index in [2.05, 4.69) is 11.1 Å². The molecule has 1 aromatic heterocycles. The van der Waals surface area contributed by atoms with Crippen molar-refractivity contribution in [2.75, 3.05) is 7.11 Å². The van der Waals surface area contributed by atoms with E-state index in [0.29, 0.717) is 10.6 Å². The zero-order valence-electron chi connectivity index (χ0n) is 10.1. The largest absolute Gasteiger partial charge is 0.759 e. The van der Waals surface area contributed by atoms with Crippen LogP contribution < -0.4 is 4.74 Å².